The fourth-order valence-corrected chi connectivity index (χ4v) is 5.77. The fraction of sp³-hybridized carbons (Fsp3) is 0.381. The zero-order valence-corrected chi connectivity index (χ0v) is 19.4. The second-order valence-electron chi connectivity index (χ2n) is 7.69. The summed E-state index contributed by atoms with van der Waals surface area (Å²) in [7, 11) is -6.02. The molecule has 10 heteroatoms. The van der Waals surface area contributed by atoms with Crippen molar-refractivity contribution in [3.8, 4) is 0 Å². The van der Waals surface area contributed by atoms with Crippen LogP contribution in [0, 0.1) is 19.8 Å². The molecule has 1 aliphatic rings. The van der Waals surface area contributed by atoms with Gasteiger partial charge in [0.05, 0.1) is 15.7 Å². The third-order valence-corrected chi connectivity index (χ3v) is 8.75. The van der Waals surface area contributed by atoms with E-state index in [4.69, 9.17) is 0 Å². The summed E-state index contributed by atoms with van der Waals surface area (Å²) in [6.07, 6.45) is 1.12. The molecule has 2 N–H and O–H groups in total. The molecule has 3 rings (SSSR count). The van der Waals surface area contributed by atoms with E-state index >= 15 is 0 Å². The van der Waals surface area contributed by atoms with Crippen LogP contribution in [-0.2, 0) is 24.8 Å². The van der Waals surface area contributed by atoms with Crippen LogP contribution in [0.4, 0.5) is 5.69 Å². The Kier molecular flexibility index (Phi) is 6.85. The molecular weight excluding hydrogens is 438 g/mol. The Morgan fingerprint density at radius 1 is 1.00 bits per heavy atom. The van der Waals surface area contributed by atoms with E-state index in [1.54, 1.807) is 37.3 Å². The number of carbonyl (C=O) groups is 1. The van der Waals surface area contributed by atoms with E-state index in [0.29, 0.717) is 30.6 Å². The SMILES string of the molecule is CNS(=O)(=O)c1ccc(C)c(NC(=O)[C@H]2CCCN(S(=O)(=O)c3ccc(C)cc3)C2)c1. The zero-order chi connectivity index (χ0) is 22.8. The maximum absolute atomic E-state index is 13.0. The predicted molar refractivity (Wildman–Crippen MR) is 119 cm³/mol. The van der Waals surface area contributed by atoms with Crippen molar-refractivity contribution in [1.29, 1.82) is 0 Å². The first kappa shape index (κ1) is 23.4. The average molecular weight is 466 g/mol. The molecule has 0 bridgehead atoms. The summed E-state index contributed by atoms with van der Waals surface area (Å²) >= 11 is 0. The molecule has 1 aliphatic heterocycles. The molecule has 1 amide bonds. The van der Waals surface area contributed by atoms with E-state index in [2.05, 4.69) is 10.0 Å². The van der Waals surface area contributed by atoms with Gasteiger partial charge in [0.15, 0.2) is 0 Å². The number of aryl methyl sites for hydroxylation is 2. The van der Waals surface area contributed by atoms with Crippen LogP contribution in [0.2, 0.25) is 0 Å². The summed E-state index contributed by atoms with van der Waals surface area (Å²) in [5, 5.41) is 2.78. The lowest BCUT2D eigenvalue weighted by Gasteiger charge is -2.31. The Labute approximate surface area is 183 Å². The number of anilines is 1. The van der Waals surface area contributed by atoms with Gasteiger partial charge in [-0.1, -0.05) is 23.8 Å². The Morgan fingerprint density at radius 2 is 1.65 bits per heavy atom. The van der Waals surface area contributed by atoms with Crippen LogP contribution in [0.1, 0.15) is 24.0 Å². The van der Waals surface area contributed by atoms with Crippen molar-refractivity contribution in [2.75, 3.05) is 25.5 Å². The highest BCUT2D eigenvalue weighted by Crippen LogP contribution is 2.26. The van der Waals surface area contributed by atoms with Gasteiger partial charge in [-0.2, -0.15) is 4.31 Å². The van der Waals surface area contributed by atoms with Crippen LogP contribution in [0.3, 0.4) is 0 Å². The molecule has 8 nitrogen and oxygen atoms in total. The first-order chi connectivity index (χ1) is 14.5. The number of nitrogens with one attached hydrogen (secondary N) is 2. The number of benzene rings is 2. The van der Waals surface area contributed by atoms with Crippen LogP contribution < -0.4 is 10.0 Å². The maximum atomic E-state index is 13.0. The summed E-state index contributed by atoms with van der Waals surface area (Å²) in [5.74, 6) is -0.858. The summed E-state index contributed by atoms with van der Waals surface area (Å²) in [5.41, 5.74) is 2.07. The summed E-state index contributed by atoms with van der Waals surface area (Å²) in [6.45, 7) is 4.08. The standard InChI is InChI=1S/C21H27N3O5S2/c1-15-6-9-18(10-7-15)31(28,29)24-12-4-5-17(14-24)21(25)23-20-13-19(11-8-16(20)2)30(26,27)22-3/h6-11,13,17,22H,4-5,12,14H2,1-3H3,(H,23,25)/t17-/m0/s1. The van der Waals surface area contributed by atoms with Gasteiger partial charge < -0.3 is 5.32 Å². The largest absolute Gasteiger partial charge is 0.326 e. The second-order valence-corrected chi connectivity index (χ2v) is 11.5. The van der Waals surface area contributed by atoms with Crippen LogP contribution >= 0.6 is 0 Å². The van der Waals surface area contributed by atoms with Gasteiger partial charge in [-0.15, -0.1) is 0 Å². The highest BCUT2D eigenvalue weighted by Gasteiger charge is 2.33. The van der Waals surface area contributed by atoms with E-state index in [0.717, 1.165) is 5.56 Å². The van der Waals surface area contributed by atoms with Gasteiger partial charge in [-0.05, 0) is 63.6 Å². The normalized spacial score (nSPS) is 18.0. The third kappa shape index (κ3) is 5.15. The van der Waals surface area contributed by atoms with Gasteiger partial charge >= 0.3 is 0 Å². The van der Waals surface area contributed by atoms with E-state index in [9.17, 15) is 21.6 Å². The zero-order valence-electron chi connectivity index (χ0n) is 17.8. The quantitative estimate of drug-likeness (QED) is 0.679. The van der Waals surface area contributed by atoms with E-state index in [1.807, 2.05) is 6.92 Å². The number of amides is 1. The number of carbonyl (C=O) groups excluding carboxylic acids is 1. The smallest absolute Gasteiger partial charge is 0.243 e. The summed E-state index contributed by atoms with van der Waals surface area (Å²) < 4.78 is 53.7. The minimum atomic E-state index is -3.69. The molecule has 0 unspecified atom stereocenters. The molecule has 2 aromatic rings. The van der Waals surface area contributed by atoms with Gasteiger partial charge in [0.25, 0.3) is 0 Å². The Morgan fingerprint density at radius 3 is 2.29 bits per heavy atom. The molecule has 1 atom stereocenters. The predicted octanol–water partition coefficient (Wildman–Crippen LogP) is 2.25. The van der Waals surface area contributed by atoms with Crippen molar-refractivity contribution < 1.29 is 21.6 Å². The first-order valence-electron chi connectivity index (χ1n) is 9.96. The molecule has 31 heavy (non-hydrogen) atoms. The molecular formula is C21H27N3O5S2. The van der Waals surface area contributed by atoms with Gasteiger partial charge in [-0.25, -0.2) is 21.6 Å². The molecule has 0 spiro atoms. The number of piperidine rings is 1. The number of rotatable bonds is 6. The van der Waals surface area contributed by atoms with Gasteiger partial charge in [0.1, 0.15) is 0 Å². The summed E-state index contributed by atoms with van der Waals surface area (Å²) in [6, 6.07) is 11.1. The maximum Gasteiger partial charge on any atom is 0.243 e. The highest BCUT2D eigenvalue weighted by atomic mass is 32.2. The molecule has 0 aliphatic carbocycles. The summed E-state index contributed by atoms with van der Waals surface area (Å²) in [4.78, 5) is 13.2. The molecule has 0 radical (unpaired) electrons. The highest BCUT2D eigenvalue weighted by molar-refractivity contribution is 7.89. The van der Waals surface area contributed by atoms with Crippen molar-refractivity contribution in [1.82, 2.24) is 9.03 Å². The molecule has 0 aromatic heterocycles. The monoisotopic (exact) mass is 465 g/mol. The van der Waals surface area contributed by atoms with E-state index < -0.39 is 26.0 Å². The van der Waals surface area contributed by atoms with Gasteiger partial charge in [-0.3, -0.25) is 4.79 Å². The van der Waals surface area contributed by atoms with Crippen LogP contribution in [0.25, 0.3) is 0 Å². The Balaban J connectivity index is 1.77. The van der Waals surface area contributed by atoms with Crippen molar-refractivity contribution >= 4 is 31.6 Å². The average Bonchev–Trinajstić information content (AvgIpc) is 2.75. The number of sulfonamides is 2. The molecule has 0 saturated carbocycles. The first-order valence-corrected chi connectivity index (χ1v) is 12.9. The molecule has 2 aromatic carbocycles. The lowest BCUT2D eigenvalue weighted by Crippen LogP contribution is -2.43. The van der Waals surface area contributed by atoms with Crippen molar-refractivity contribution in [3.63, 3.8) is 0 Å². The molecule has 168 valence electrons. The minimum absolute atomic E-state index is 0.0446. The third-order valence-electron chi connectivity index (χ3n) is 5.46. The Bertz CT molecular complexity index is 1180. The minimum Gasteiger partial charge on any atom is -0.326 e. The lowest BCUT2D eigenvalue weighted by atomic mass is 9.98. The van der Waals surface area contributed by atoms with E-state index in [-0.39, 0.29) is 22.2 Å². The Hall–Kier alpha value is -2.27. The van der Waals surface area contributed by atoms with Gasteiger partial charge in [0, 0.05) is 18.8 Å². The van der Waals surface area contributed by atoms with Crippen molar-refractivity contribution in [3.05, 3.63) is 53.6 Å². The fourth-order valence-electron chi connectivity index (χ4n) is 3.49. The number of hydrogen-bond donors (Lipinski definition) is 2. The molecule has 1 fully saturated rings. The van der Waals surface area contributed by atoms with E-state index in [1.165, 1.54) is 23.5 Å². The number of hydrogen-bond acceptors (Lipinski definition) is 5. The lowest BCUT2D eigenvalue weighted by molar-refractivity contribution is -0.120. The van der Waals surface area contributed by atoms with Crippen molar-refractivity contribution in [2.24, 2.45) is 5.92 Å². The number of nitrogens with zero attached hydrogens (tertiary/aromatic N) is 1. The van der Waals surface area contributed by atoms with Crippen LogP contribution in [-0.4, -0.2) is 47.2 Å². The van der Waals surface area contributed by atoms with Gasteiger partial charge in [0.2, 0.25) is 26.0 Å². The topological polar surface area (TPSA) is 113 Å². The van der Waals surface area contributed by atoms with Crippen molar-refractivity contribution in [2.45, 2.75) is 36.5 Å². The van der Waals surface area contributed by atoms with Crippen LogP contribution in [0.5, 0.6) is 0 Å². The molecule has 1 heterocycles. The van der Waals surface area contributed by atoms with Crippen LogP contribution in [0.15, 0.2) is 52.3 Å². The molecule has 1 saturated heterocycles. The second kappa shape index (κ2) is 9.07.